The minimum Gasteiger partial charge on any atom is -0.464 e. The van der Waals surface area contributed by atoms with E-state index < -0.39 is 5.97 Å². The normalized spacial score (nSPS) is 8.09. The molecular formula is C7H16N2O2. The minimum absolute atomic E-state index is 0.0671. The molecule has 2 N–H and O–H groups in total. The van der Waals surface area contributed by atoms with Crippen LogP contribution in [0.3, 0.4) is 0 Å². The molecule has 0 aromatic carbocycles. The number of esters is 1. The van der Waals surface area contributed by atoms with Gasteiger partial charge in [0.2, 0.25) is 0 Å². The van der Waals surface area contributed by atoms with E-state index in [0.29, 0.717) is 0 Å². The predicted octanol–water partition coefficient (Wildman–Crippen LogP) is -0.190. The quantitative estimate of drug-likeness (QED) is 0.426. The van der Waals surface area contributed by atoms with Crippen molar-refractivity contribution in [3.05, 3.63) is 12.3 Å². The van der Waals surface area contributed by atoms with Gasteiger partial charge in [-0.3, -0.25) is 0 Å². The lowest BCUT2D eigenvalue weighted by atomic mass is 10.5. The zero-order valence-corrected chi connectivity index (χ0v) is 7.55. The first-order valence-corrected chi connectivity index (χ1v) is 3.05. The van der Waals surface area contributed by atoms with Gasteiger partial charge in [0.25, 0.3) is 0 Å². The number of methoxy groups -OCH3 is 1. The van der Waals surface area contributed by atoms with E-state index in [1.165, 1.54) is 7.11 Å². The molecule has 0 unspecified atom stereocenters. The van der Waals surface area contributed by atoms with Crippen molar-refractivity contribution < 1.29 is 9.53 Å². The van der Waals surface area contributed by atoms with Gasteiger partial charge in [0.1, 0.15) is 5.70 Å². The van der Waals surface area contributed by atoms with E-state index in [-0.39, 0.29) is 5.70 Å². The van der Waals surface area contributed by atoms with Crippen LogP contribution in [-0.2, 0) is 9.53 Å². The maximum Gasteiger partial charge on any atom is 0.353 e. The van der Waals surface area contributed by atoms with Gasteiger partial charge in [-0.25, -0.2) is 4.79 Å². The molecule has 4 nitrogen and oxygen atoms in total. The Kier molecular flexibility index (Phi) is 8.13. The van der Waals surface area contributed by atoms with Gasteiger partial charge in [-0.15, -0.1) is 0 Å². The van der Waals surface area contributed by atoms with E-state index in [9.17, 15) is 4.79 Å². The predicted molar refractivity (Wildman–Crippen MR) is 45.0 cm³/mol. The van der Waals surface area contributed by atoms with E-state index >= 15 is 0 Å². The first kappa shape index (κ1) is 12.6. The molecule has 0 aliphatic rings. The van der Waals surface area contributed by atoms with Gasteiger partial charge in [0.15, 0.2) is 0 Å². The van der Waals surface area contributed by atoms with Crippen molar-refractivity contribution in [1.82, 2.24) is 4.90 Å². The molecule has 0 bridgehead atoms. The number of nitrogens with zero attached hydrogens (tertiary/aromatic N) is 1. The average molecular weight is 160 g/mol. The van der Waals surface area contributed by atoms with Crippen molar-refractivity contribution >= 4 is 5.97 Å². The number of carbonyl (C=O) groups excluding carboxylic acids is 1. The molecule has 0 spiro atoms. The van der Waals surface area contributed by atoms with Crippen LogP contribution in [-0.4, -0.2) is 39.1 Å². The summed E-state index contributed by atoms with van der Waals surface area (Å²) in [7, 11) is 7.25. The molecule has 0 atom stereocenters. The van der Waals surface area contributed by atoms with Crippen molar-refractivity contribution in [2.75, 3.05) is 28.3 Å². The second kappa shape index (κ2) is 7.08. The molecule has 0 heterocycles. The summed E-state index contributed by atoms with van der Waals surface area (Å²) in [6.45, 7) is 3.13. The molecule has 4 heteroatoms. The lowest BCUT2D eigenvalue weighted by Crippen LogP contribution is -2.10. The fourth-order valence-corrected chi connectivity index (χ4v) is 0.131. The van der Waals surface area contributed by atoms with E-state index in [4.69, 9.17) is 5.73 Å². The van der Waals surface area contributed by atoms with E-state index in [0.717, 1.165) is 0 Å². The van der Waals surface area contributed by atoms with Crippen LogP contribution >= 0.6 is 0 Å². The van der Waals surface area contributed by atoms with Gasteiger partial charge in [-0.05, 0) is 21.1 Å². The lowest BCUT2D eigenvalue weighted by Gasteiger charge is -1.91. The molecule has 0 aromatic heterocycles. The Morgan fingerprint density at radius 1 is 1.45 bits per heavy atom. The van der Waals surface area contributed by atoms with E-state index in [1.54, 1.807) is 0 Å². The summed E-state index contributed by atoms with van der Waals surface area (Å²) in [5.41, 5.74) is 4.81. The Morgan fingerprint density at radius 3 is 1.73 bits per heavy atom. The molecule has 0 aliphatic heterocycles. The lowest BCUT2D eigenvalue weighted by molar-refractivity contribution is -0.136. The largest absolute Gasteiger partial charge is 0.464 e. The van der Waals surface area contributed by atoms with Gasteiger partial charge in [0.05, 0.1) is 7.11 Å². The maximum atomic E-state index is 10.1. The van der Waals surface area contributed by atoms with Crippen LogP contribution in [0.5, 0.6) is 0 Å². The zero-order valence-electron chi connectivity index (χ0n) is 7.55. The Balaban J connectivity index is 0. The topological polar surface area (TPSA) is 55.6 Å². The third-order valence-corrected chi connectivity index (χ3v) is 0.448. The van der Waals surface area contributed by atoms with E-state index in [1.807, 2.05) is 26.0 Å². The standard InChI is InChI=1S/C4H7NO2.C3H9N/c1-3(5)4(6)7-2;1-4(2)3/h1,5H2,2H3;1-3H3. The van der Waals surface area contributed by atoms with Gasteiger partial charge < -0.3 is 15.4 Å². The van der Waals surface area contributed by atoms with Crippen LogP contribution in [0.1, 0.15) is 0 Å². The highest BCUT2D eigenvalue weighted by atomic mass is 16.5. The number of carbonyl (C=O) groups is 1. The smallest absolute Gasteiger partial charge is 0.353 e. The fourth-order valence-electron chi connectivity index (χ4n) is 0.131. The zero-order chi connectivity index (χ0) is 9.44. The van der Waals surface area contributed by atoms with E-state index in [2.05, 4.69) is 11.3 Å². The molecule has 0 amide bonds. The Labute approximate surface area is 67.6 Å². The number of hydrogen-bond donors (Lipinski definition) is 1. The highest BCUT2D eigenvalue weighted by Crippen LogP contribution is 1.78. The van der Waals surface area contributed by atoms with Crippen LogP contribution in [0, 0.1) is 0 Å². The Bertz CT molecular complexity index is 130. The second-order valence-electron chi connectivity index (χ2n) is 2.36. The Hall–Kier alpha value is -1.03. The molecule has 0 aliphatic carbocycles. The second-order valence-corrected chi connectivity index (χ2v) is 2.36. The molecule has 11 heavy (non-hydrogen) atoms. The SMILES string of the molecule is C=C(N)C(=O)OC.CN(C)C. The highest BCUT2D eigenvalue weighted by Gasteiger charge is 1.96. The minimum atomic E-state index is -0.569. The van der Waals surface area contributed by atoms with Crippen LogP contribution in [0.4, 0.5) is 0 Å². The highest BCUT2D eigenvalue weighted by molar-refractivity contribution is 5.86. The fraction of sp³-hybridized carbons (Fsp3) is 0.571. The molecule has 0 saturated heterocycles. The van der Waals surface area contributed by atoms with Crippen LogP contribution in [0.2, 0.25) is 0 Å². The number of rotatable bonds is 1. The molecule has 0 saturated carbocycles. The van der Waals surface area contributed by atoms with Gasteiger partial charge in [0, 0.05) is 0 Å². The van der Waals surface area contributed by atoms with Crippen molar-refractivity contribution in [3.63, 3.8) is 0 Å². The van der Waals surface area contributed by atoms with Crippen LogP contribution in [0.15, 0.2) is 12.3 Å². The van der Waals surface area contributed by atoms with Gasteiger partial charge in [-0.1, -0.05) is 6.58 Å². The molecule has 0 fully saturated rings. The summed E-state index contributed by atoms with van der Waals surface area (Å²) in [5.74, 6) is -0.569. The summed E-state index contributed by atoms with van der Waals surface area (Å²) in [6, 6.07) is 0. The summed E-state index contributed by atoms with van der Waals surface area (Å²) in [4.78, 5) is 12.1. The number of hydrogen-bond acceptors (Lipinski definition) is 4. The summed E-state index contributed by atoms with van der Waals surface area (Å²) in [5, 5.41) is 0. The van der Waals surface area contributed by atoms with Crippen molar-refractivity contribution in [3.8, 4) is 0 Å². The molecule has 0 aromatic rings. The van der Waals surface area contributed by atoms with Crippen LogP contribution < -0.4 is 5.73 Å². The Morgan fingerprint density at radius 2 is 1.73 bits per heavy atom. The van der Waals surface area contributed by atoms with Crippen molar-refractivity contribution in [1.29, 1.82) is 0 Å². The first-order valence-electron chi connectivity index (χ1n) is 3.05. The molecule has 0 radical (unpaired) electrons. The maximum absolute atomic E-state index is 10.1. The van der Waals surface area contributed by atoms with Crippen molar-refractivity contribution in [2.24, 2.45) is 5.73 Å². The molecular weight excluding hydrogens is 144 g/mol. The third kappa shape index (κ3) is 17.6. The summed E-state index contributed by atoms with van der Waals surface area (Å²) in [6.07, 6.45) is 0. The van der Waals surface area contributed by atoms with Crippen molar-refractivity contribution in [2.45, 2.75) is 0 Å². The van der Waals surface area contributed by atoms with Gasteiger partial charge in [-0.2, -0.15) is 0 Å². The monoisotopic (exact) mass is 160 g/mol. The van der Waals surface area contributed by atoms with Crippen LogP contribution in [0.25, 0.3) is 0 Å². The average Bonchev–Trinajstić information content (AvgIpc) is 1.85. The van der Waals surface area contributed by atoms with Gasteiger partial charge >= 0.3 is 5.97 Å². The summed E-state index contributed by atoms with van der Waals surface area (Å²) < 4.78 is 4.15. The molecule has 66 valence electrons. The third-order valence-electron chi connectivity index (χ3n) is 0.448. The summed E-state index contributed by atoms with van der Waals surface area (Å²) >= 11 is 0. The number of ether oxygens (including phenoxy) is 1. The first-order chi connectivity index (χ1) is 4.91. The number of nitrogens with two attached hydrogens (primary N) is 1. The molecule has 0 rings (SSSR count).